The average Bonchev–Trinajstić information content (AvgIpc) is 3.07. The molecule has 86 valence electrons. The number of rotatable bonds is 4. The molecule has 3 rings (SSSR count). The second-order valence-electron chi connectivity index (χ2n) is 5.95. The van der Waals surface area contributed by atoms with Crippen LogP contribution in [0.2, 0.25) is 0 Å². The molecule has 2 nitrogen and oxygen atoms in total. The van der Waals surface area contributed by atoms with Gasteiger partial charge in [-0.3, -0.25) is 0 Å². The monoisotopic (exact) mass is 208 g/mol. The second-order valence-corrected chi connectivity index (χ2v) is 5.95. The fourth-order valence-electron chi connectivity index (χ4n) is 3.21. The van der Waals surface area contributed by atoms with Crippen LogP contribution in [0.1, 0.15) is 32.6 Å². The van der Waals surface area contributed by atoms with Crippen LogP contribution in [0.25, 0.3) is 0 Å². The van der Waals surface area contributed by atoms with E-state index in [0.717, 1.165) is 17.8 Å². The highest BCUT2D eigenvalue weighted by atomic mass is 15.2. The molecule has 2 heteroatoms. The predicted octanol–water partition coefficient (Wildman–Crippen LogP) is 1.72. The molecule has 0 aromatic carbocycles. The van der Waals surface area contributed by atoms with Crippen molar-refractivity contribution in [1.29, 1.82) is 0 Å². The van der Waals surface area contributed by atoms with Crippen molar-refractivity contribution in [2.45, 2.75) is 38.6 Å². The molecule has 2 saturated carbocycles. The van der Waals surface area contributed by atoms with Gasteiger partial charge in [-0.25, -0.2) is 0 Å². The molecular formula is C13H24N2. The molecule has 3 aliphatic rings. The fourth-order valence-corrected chi connectivity index (χ4v) is 3.21. The highest BCUT2D eigenvalue weighted by Crippen LogP contribution is 2.49. The Kier molecular flexibility index (Phi) is 2.73. The molecule has 0 spiro atoms. The van der Waals surface area contributed by atoms with E-state index >= 15 is 0 Å². The maximum atomic E-state index is 3.53. The zero-order chi connectivity index (χ0) is 10.3. The Morgan fingerprint density at radius 2 is 1.87 bits per heavy atom. The van der Waals surface area contributed by atoms with Crippen LogP contribution >= 0.6 is 0 Å². The molecule has 15 heavy (non-hydrogen) atoms. The Hall–Kier alpha value is -0.0800. The van der Waals surface area contributed by atoms with E-state index in [1.54, 1.807) is 0 Å². The van der Waals surface area contributed by atoms with Gasteiger partial charge in [-0.05, 0) is 50.4 Å². The number of nitrogens with one attached hydrogen (secondary N) is 1. The third-order valence-corrected chi connectivity index (χ3v) is 4.38. The third kappa shape index (κ3) is 2.54. The Labute approximate surface area is 93.4 Å². The van der Waals surface area contributed by atoms with Crippen LogP contribution in [-0.2, 0) is 0 Å². The van der Waals surface area contributed by atoms with Crippen molar-refractivity contribution in [3.8, 4) is 0 Å². The zero-order valence-corrected chi connectivity index (χ0v) is 9.91. The summed E-state index contributed by atoms with van der Waals surface area (Å²) in [5, 5.41) is 3.53. The Bertz CT molecular complexity index is 209. The summed E-state index contributed by atoms with van der Waals surface area (Å²) in [6, 6.07) is 0.706. The molecule has 1 unspecified atom stereocenters. The summed E-state index contributed by atoms with van der Waals surface area (Å²) in [6.45, 7) is 7.47. The normalized spacial score (nSPS) is 33.6. The van der Waals surface area contributed by atoms with E-state index in [0.29, 0.717) is 6.04 Å². The molecule has 1 N–H and O–H groups in total. The summed E-state index contributed by atoms with van der Waals surface area (Å²) in [5.41, 5.74) is 0. The molecule has 0 aromatic heterocycles. The summed E-state index contributed by atoms with van der Waals surface area (Å²) in [5.74, 6) is 3.29. The van der Waals surface area contributed by atoms with Crippen molar-refractivity contribution in [2.24, 2.45) is 17.8 Å². The van der Waals surface area contributed by atoms with E-state index in [-0.39, 0.29) is 0 Å². The summed E-state index contributed by atoms with van der Waals surface area (Å²) in [4.78, 5) is 2.71. The topological polar surface area (TPSA) is 15.3 Å². The lowest BCUT2D eigenvalue weighted by Crippen LogP contribution is -2.50. The zero-order valence-electron chi connectivity index (χ0n) is 9.91. The Morgan fingerprint density at radius 3 is 2.40 bits per heavy atom. The van der Waals surface area contributed by atoms with Crippen LogP contribution in [0.15, 0.2) is 0 Å². The van der Waals surface area contributed by atoms with Gasteiger partial charge in [0, 0.05) is 32.2 Å². The SMILES string of the molecule is CC1CN(CC(C2CC2)C2CC2)CCN1. The number of nitrogens with zero attached hydrogens (tertiary/aromatic N) is 1. The van der Waals surface area contributed by atoms with Gasteiger partial charge in [0.25, 0.3) is 0 Å². The lowest BCUT2D eigenvalue weighted by molar-refractivity contribution is 0.161. The maximum absolute atomic E-state index is 3.53. The predicted molar refractivity (Wildman–Crippen MR) is 62.8 cm³/mol. The quantitative estimate of drug-likeness (QED) is 0.757. The molecule has 0 bridgehead atoms. The summed E-state index contributed by atoms with van der Waals surface area (Å²) < 4.78 is 0. The lowest BCUT2D eigenvalue weighted by atomic mass is 9.96. The van der Waals surface area contributed by atoms with Gasteiger partial charge in [-0.15, -0.1) is 0 Å². The molecule has 0 amide bonds. The van der Waals surface area contributed by atoms with E-state index in [1.807, 2.05) is 0 Å². The minimum atomic E-state index is 0.706. The van der Waals surface area contributed by atoms with Crippen LogP contribution in [-0.4, -0.2) is 37.1 Å². The van der Waals surface area contributed by atoms with Crippen molar-refractivity contribution in [3.63, 3.8) is 0 Å². The number of hydrogen-bond acceptors (Lipinski definition) is 2. The van der Waals surface area contributed by atoms with Crippen molar-refractivity contribution >= 4 is 0 Å². The van der Waals surface area contributed by atoms with Crippen molar-refractivity contribution in [1.82, 2.24) is 10.2 Å². The molecular weight excluding hydrogens is 184 g/mol. The third-order valence-electron chi connectivity index (χ3n) is 4.38. The van der Waals surface area contributed by atoms with Crippen LogP contribution in [0.3, 0.4) is 0 Å². The van der Waals surface area contributed by atoms with Gasteiger partial charge in [-0.2, -0.15) is 0 Å². The van der Waals surface area contributed by atoms with Crippen LogP contribution < -0.4 is 5.32 Å². The summed E-state index contributed by atoms with van der Waals surface area (Å²) in [7, 11) is 0. The smallest absolute Gasteiger partial charge is 0.0167 e. The Balaban J connectivity index is 1.53. The van der Waals surface area contributed by atoms with E-state index in [1.165, 1.54) is 51.9 Å². The molecule has 0 aromatic rings. The second kappa shape index (κ2) is 4.06. The summed E-state index contributed by atoms with van der Waals surface area (Å²) in [6.07, 6.45) is 6.12. The number of hydrogen-bond donors (Lipinski definition) is 1. The van der Waals surface area contributed by atoms with Gasteiger partial charge in [0.05, 0.1) is 0 Å². The first-order valence-electron chi connectivity index (χ1n) is 6.78. The minimum absolute atomic E-state index is 0.706. The highest BCUT2D eigenvalue weighted by Gasteiger charge is 2.42. The van der Waals surface area contributed by atoms with Crippen molar-refractivity contribution in [2.75, 3.05) is 26.2 Å². The first kappa shape index (κ1) is 10.1. The van der Waals surface area contributed by atoms with E-state index < -0.39 is 0 Å². The maximum Gasteiger partial charge on any atom is 0.0167 e. The van der Waals surface area contributed by atoms with Gasteiger partial charge in [0.15, 0.2) is 0 Å². The number of piperazine rings is 1. The van der Waals surface area contributed by atoms with Crippen molar-refractivity contribution in [3.05, 3.63) is 0 Å². The van der Waals surface area contributed by atoms with E-state index in [4.69, 9.17) is 0 Å². The first-order valence-corrected chi connectivity index (χ1v) is 6.78. The van der Waals surface area contributed by atoms with Gasteiger partial charge in [0.2, 0.25) is 0 Å². The molecule has 2 aliphatic carbocycles. The minimum Gasteiger partial charge on any atom is -0.312 e. The van der Waals surface area contributed by atoms with Gasteiger partial charge in [0.1, 0.15) is 0 Å². The van der Waals surface area contributed by atoms with E-state index in [2.05, 4.69) is 17.1 Å². The standard InChI is InChI=1S/C13H24N2/c1-10-8-15(7-6-14-10)9-13(11-2-3-11)12-4-5-12/h10-14H,2-9H2,1H3. The van der Waals surface area contributed by atoms with Crippen molar-refractivity contribution < 1.29 is 0 Å². The summed E-state index contributed by atoms with van der Waals surface area (Å²) >= 11 is 0. The van der Waals surface area contributed by atoms with Gasteiger partial charge in [-0.1, -0.05) is 0 Å². The highest BCUT2D eigenvalue weighted by molar-refractivity contribution is 4.93. The van der Waals surface area contributed by atoms with Gasteiger partial charge < -0.3 is 10.2 Å². The largest absolute Gasteiger partial charge is 0.312 e. The molecule has 1 saturated heterocycles. The molecule has 0 radical (unpaired) electrons. The lowest BCUT2D eigenvalue weighted by Gasteiger charge is -2.34. The average molecular weight is 208 g/mol. The molecule has 1 aliphatic heterocycles. The fraction of sp³-hybridized carbons (Fsp3) is 1.00. The van der Waals surface area contributed by atoms with Crippen LogP contribution in [0.5, 0.6) is 0 Å². The Morgan fingerprint density at radius 1 is 1.20 bits per heavy atom. The van der Waals surface area contributed by atoms with Gasteiger partial charge >= 0.3 is 0 Å². The van der Waals surface area contributed by atoms with Crippen LogP contribution in [0, 0.1) is 17.8 Å². The van der Waals surface area contributed by atoms with Crippen LogP contribution in [0.4, 0.5) is 0 Å². The van der Waals surface area contributed by atoms with E-state index in [9.17, 15) is 0 Å². The molecule has 1 atom stereocenters. The first-order chi connectivity index (χ1) is 7.33. The molecule has 3 fully saturated rings. The molecule has 1 heterocycles.